The van der Waals surface area contributed by atoms with Crippen LogP contribution in [-0.4, -0.2) is 58.5 Å². The van der Waals surface area contributed by atoms with Gasteiger partial charge in [-0.15, -0.1) is 5.10 Å². The van der Waals surface area contributed by atoms with E-state index in [1.165, 1.54) is 12.8 Å². The number of aliphatic hydroxyl groups excluding tert-OH is 1. The molecule has 0 amide bonds. The van der Waals surface area contributed by atoms with Crippen molar-refractivity contribution < 1.29 is 5.11 Å². The third-order valence-corrected chi connectivity index (χ3v) is 4.36. The number of piperazine rings is 1. The molecule has 1 aromatic heterocycles. The molecule has 2 atom stereocenters. The Kier molecular flexibility index (Phi) is 3.94. The van der Waals surface area contributed by atoms with Gasteiger partial charge in [-0.3, -0.25) is 4.90 Å². The summed E-state index contributed by atoms with van der Waals surface area (Å²) in [5.74, 6) is 0.964. The second-order valence-corrected chi connectivity index (χ2v) is 5.52. The zero-order valence-electron chi connectivity index (χ0n) is 11.3. The zero-order chi connectivity index (χ0) is 13.1. The standard InChI is InChI=1S/C14H22N4O/c19-13-5-2-1-4-12(13)17-8-10-18(11-9-17)14-6-3-7-15-16-14/h3,6-7,12-13,19H,1-2,4-5,8-11H2/t12-,13-/m1/s1. The lowest BCUT2D eigenvalue weighted by atomic mass is 9.91. The van der Waals surface area contributed by atoms with E-state index in [0.29, 0.717) is 6.04 Å². The molecule has 1 aliphatic heterocycles. The van der Waals surface area contributed by atoms with E-state index in [-0.39, 0.29) is 6.10 Å². The molecule has 1 aromatic rings. The maximum Gasteiger partial charge on any atom is 0.151 e. The minimum atomic E-state index is -0.128. The molecule has 2 aliphatic rings. The molecule has 3 rings (SSSR count). The van der Waals surface area contributed by atoms with E-state index in [0.717, 1.165) is 44.8 Å². The monoisotopic (exact) mass is 262 g/mol. The largest absolute Gasteiger partial charge is 0.391 e. The first-order valence-electron chi connectivity index (χ1n) is 7.29. The van der Waals surface area contributed by atoms with Crippen molar-refractivity contribution >= 4 is 5.82 Å². The molecule has 0 aromatic carbocycles. The van der Waals surface area contributed by atoms with Gasteiger partial charge in [-0.2, -0.15) is 5.10 Å². The van der Waals surface area contributed by atoms with Gasteiger partial charge in [0.15, 0.2) is 5.82 Å². The highest BCUT2D eigenvalue weighted by Crippen LogP contribution is 2.24. The predicted octanol–water partition coefficient (Wildman–Crippen LogP) is 0.902. The van der Waals surface area contributed by atoms with Crippen LogP contribution in [0.5, 0.6) is 0 Å². The van der Waals surface area contributed by atoms with Crippen molar-refractivity contribution in [2.45, 2.75) is 37.8 Å². The smallest absolute Gasteiger partial charge is 0.151 e. The highest BCUT2D eigenvalue weighted by atomic mass is 16.3. The van der Waals surface area contributed by atoms with Gasteiger partial charge >= 0.3 is 0 Å². The molecule has 5 nitrogen and oxygen atoms in total. The molecular formula is C14H22N4O. The van der Waals surface area contributed by atoms with Crippen molar-refractivity contribution in [1.82, 2.24) is 15.1 Å². The summed E-state index contributed by atoms with van der Waals surface area (Å²) in [6.07, 6.45) is 6.12. The number of rotatable bonds is 2. The van der Waals surface area contributed by atoms with Crippen molar-refractivity contribution in [2.75, 3.05) is 31.1 Å². The molecule has 2 fully saturated rings. The summed E-state index contributed by atoms with van der Waals surface area (Å²) >= 11 is 0. The Hall–Kier alpha value is -1.20. The highest BCUT2D eigenvalue weighted by molar-refractivity contribution is 5.36. The summed E-state index contributed by atoms with van der Waals surface area (Å²) in [4.78, 5) is 4.73. The lowest BCUT2D eigenvalue weighted by Crippen LogP contribution is -2.54. The minimum absolute atomic E-state index is 0.128. The third kappa shape index (κ3) is 2.87. The Morgan fingerprint density at radius 1 is 1.11 bits per heavy atom. The SMILES string of the molecule is O[C@@H]1CCCC[C@H]1N1CCN(c2cccnn2)CC1. The first-order chi connectivity index (χ1) is 9.34. The van der Waals surface area contributed by atoms with Crippen LogP contribution in [0.4, 0.5) is 5.82 Å². The van der Waals surface area contributed by atoms with E-state index in [2.05, 4.69) is 20.0 Å². The van der Waals surface area contributed by atoms with Crippen molar-refractivity contribution in [3.05, 3.63) is 18.3 Å². The first kappa shape index (κ1) is 12.8. The topological polar surface area (TPSA) is 52.5 Å². The van der Waals surface area contributed by atoms with Crippen LogP contribution in [0, 0.1) is 0 Å². The fourth-order valence-corrected chi connectivity index (χ4v) is 3.26. The normalized spacial score (nSPS) is 29.4. The lowest BCUT2D eigenvalue weighted by molar-refractivity contribution is 0.0172. The molecule has 0 bridgehead atoms. The van der Waals surface area contributed by atoms with Crippen LogP contribution in [0.15, 0.2) is 18.3 Å². The number of aromatic nitrogens is 2. The van der Waals surface area contributed by atoms with Crippen LogP contribution in [0.3, 0.4) is 0 Å². The van der Waals surface area contributed by atoms with Crippen molar-refractivity contribution in [2.24, 2.45) is 0 Å². The Bertz CT molecular complexity index is 392. The molecule has 0 radical (unpaired) electrons. The molecular weight excluding hydrogens is 240 g/mol. The van der Waals surface area contributed by atoms with Crippen LogP contribution >= 0.6 is 0 Å². The fraction of sp³-hybridized carbons (Fsp3) is 0.714. The molecule has 0 unspecified atom stereocenters. The van der Waals surface area contributed by atoms with Gasteiger partial charge in [0.25, 0.3) is 0 Å². The number of hydrogen-bond acceptors (Lipinski definition) is 5. The summed E-state index contributed by atoms with van der Waals surface area (Å²) < 4.78 is 0. The van der Waals surface area contributed by atoms with Crippen molar-refractivity contribution in [3.63, 3.8) is 0 Å². The first-order valence-corrected chi connectivity index (χ1v) is 7.29. The van der Waals surface area contributed by atoms with Crippen LogP contribution in [0.1, 0.15) is 25.7 Å². The molecule has 1 saturated heterocycles. The number of nitrogens with zero attached hydrogens (tertiary/aromatic N) is 4. The average Bonchev–Trinajstić information content (AvgIpc) is 2.49. The van der Waals surface area contributed by atoms with Crippen molar-refractivity contribution in [3.8, 4) is 0 Å². The van der Waals surface area contributed by atoms with Gasteiger partial charge < -0.3 is 10.0 Å². The maximum absolute atomic E-state index is 10.1. The van der Waals surface area contributed by atoms with Gasteiger partial charge in [-0.05, 0) is 25.0 Å². The van der Waals surface area contributed by atoms with E-state index in [4.69, 9.17) is 0 Å². The van der Waals surface area contributed by atoms with E-state index < -0.39 is 0 Å². The highest BCUT2D eigenvalue weighted by Gasteiger charge is 2.31. The quantitative estimate of drug-likeness (QED) is 0.858. The predicted molar refractivity (Wildman–Crippen MR) is 74.1 cm³/mol. The van der Waals surface area contributed by atoms with Gasteiger partial charge in [0, 0.05) is 38.4 Å². The second-order valence-electron chi connectivity index (χ2n) is 5.52. The molecule has 1 saturated carbocycles. The summed E-state index contributed by atoms with van der Waals surface area (Å²) in [6, 6.07) is 4.32. The Balaban J connectivity index is 1.57. The van der Waals surface area contributed by atoms with Gasteiger partial charge in [-0.25, -0.2) is 0 Å². The number of aliphatic hydroxyl groups is 1. The molecule has 1 aliphatic carbocycles. The van der Waals surface area contributed by atoms with Gasteiger partial charge in [0.2, 0.25) is 0 Å². The lowest BCUT2D eigenvalue weighted by Gasteiger charge is -2.42. The van der Waals surface area contributed by atoms with Crippen LogP contribution in [0.2, 0.25) is 0 Å². The van der Waals surface area contributed by atoms with E-state index in [9.17, 15) is 5.11 Å². The van der Waals surface area contributed by atoms with E-state index >= 15 is 0 Å². The van der Waals surface area contributed by atoms with E-state index in [1.807, 2.05) is 12.1 Å². The Labute approximate surface area is 114 Å². The van der Waals surface area contributed by atoms with Crippen LogP contribution in [-0.2, 0) is 0 Å². The third-order valence-electron chi connectivity index (χ3n) is 4.36. The molecule has 2 heterocycles. The van der Waals surface area contributed by atoms with Crippen LogP contribution in [0.25, 0.3) is 0 Å². The Morgan fingerprint density at radius 3 is 2.58 bits per heavy atom. The molecule has 19 heavy (non-hydrogen) atoms. The second kappa shape index (κ2) is 5.84. The average molecular weight is 262 g/mol. The molecule has 5 heteroatoms. The van der Waals surface area contributed by atoms with Gasteiger partial charge in [-0.1, -0.05) is 12.8 Å². The molecule has 1 N–H and O–H groups in total. The Morgan fingerprint density at radius 2 is 1.89 bits per heavy atom. The number of anilines is 1. The van der Waals surface area contributed by atoms with E-state index in [1.54, 1.807) is 6.20 Å². The summed E-state index contributed by atoms with van der Waals surface area (Å²) in [5, 5.41) is 18.2. The summed E-state index contributed by atoms with van der Waals surface area (Å²) in [5.41, 5.74) is 0. The van der Waals surface area contributed by atoms with Gasteiger partial charge in [0.1, 0.15) is 0 Å². The zero-order valence-corrected chi connectivity index (χ0v) is 11.3. The maximum atomic E-state index is 10.1. The van der Waals surface area contributed by atoms with Crippen LogP contribution < -0.4 is 4.90 Å². The summed E-state index contributed by atoms with van der Waals surface area (Å²) in [6.45, 7) is 3.97. The molecule has 0 spiro atoms. The molecule has 104 valence electrons. The summed E-state index contributed by atoms with van der Waals surface area (Å²) in [7, 11) is 0. The van der Waals surface area contributed by atoms with Crippen molar-refractivity contribution in [1.29, 1.82) is 0 Å². The van der Waals surface area contributed by atoms with Gasteiger partial charge in [0.05, 0.1) is 6.10 Å². The number of hydrogen-bond donors (Lipinski definition) is 1. The fourth-order valence-electron chi connectivity index (χ4n) is 3.26. The minimum Gasteiger partial charge on any atom is -0.391 e.